The summed E-state index contributed by atoms with van der Waals surface area (Å²) < 4.78 is 10.8. The van der Waals surface area contributed by atoms with Gasteiger partial charge in [0, 0.05) is 19.1 Å². The highest BCUT2D eigenvalue weighted by Crippen LogP contribution is 2.33. The Kier molecular flexibility index (Phi) is 4.72. The Hall–Kier alpha value is -0.650. The number of nitrogens with zero attached hydrogens (tertiary/aromatic N) is 1. The Morgan fingerprint density at radius 2 is 2.20 bits per heavy atom. The average Bonchev–Trinajstić information content (AvgIpc) is 2.45. The smallest absolute Gasteiger partial charge is 0.326 e. The van der Waals surface area contributed by atoms with Crippen molar-refractivity contribution >= 4 is 5.97 Å². The number of morpholine rings is 1. The number of likely N-dealkylation sites (N-methyl/N-ethyl adjacent to an activating group) is 1. The van der Waals surface area contributed by atoms with E-state index >= 15 is 0 Å². The van der Waals surface area contributed by atoms with Crippen LogP contribution in [0.25, 0.3) is 0 Å². The number of carbonyl (C=O) groups is 1. The van der Waals surface area contributed by atoms with Crippen molar-refractivity contribution in [1.82, 2.24) is 10.2 Å². The number of nitrogens with one attached hydrogen (secondary N) is 1. The molecule has 2 fully saturated rings. The van der Waals surface area contributed by atoms with E-state index in [-0.39, 0.29) is 11.6 Å². The van der Waals surface area contributed by atoms with Gasteiger partial charge in [-0.25, -0.2) is 0 Å². The largest absolute Gasteiger partial charge is 0.468 e. The number of methoxy groups -OCH3 is 1. The van der Waals surface area contributed by atoms with Gasteiger partial charge in [-0.3, -0.25) is 9.69 Å². The molecule has 5 nitrogen and oxygen atoms in total. The molecular weight excluding hydrogens is 256 g/mol. The van der Waals surface area contributed by atoms with Crippen molar-refractivity contribution < 1.29 is 14.3 Å². The second-order valence-corrected chi connectivity index (χ2v) is 6.65. The summed E-state index contributed by atoms with van der Waals surface area (Å²) >= 11 is 0. The molecule has 116 valence electrons. The van der Waals surface area contributed by atoms with Crippen LogP contribution < -0.4 is 5.32 Å². The molecule has 20 heavy (non-hydrogen) atoms. The highest BCUT2D eigenvalue weighted by molar-refractivity contribution is 5.81. The highest BCUT2D eigenvalue weighted by atomic mass is 16.5. The van der Waals surface area contributed by atoms with Crippen molar-refractivity contribution in [3.8, 4) is 0 Å². The summed E-state index contributed by atoms with van der Waals surface area (Å²) in [6.45, 7) is 6.92. The number of rotatable bonds is 3. The molecule has 1 saturated carbocycles. The van der Waals surface area contributed by atoms with Crippen LogP contribution in [0, 0.1) is 0 Å². The molecule has 1 aliphatic heterocycles. The monoisotopic (exact) mass is 284 g/mol. The fourth-order valence-electron chi connectivity index (χ4n) is 3.63. The van der Waals surface area contributed by atoms with Crippen LogP contribution in [0.3, 0.4) is 0 Å². The van der Waals surface area contributed by atoms with Crippen molar-refractivity contribution in [3.63, 3.8) is 0 Å². The molecule has 0 aromatic carbocycles. The normalized spacial score (nSPS) is 34.7. The van der Waals surface area contributed by atoms with E-state index in [4.69, 9.17) is 9.47 Å². The van der Waals surface area contributed by atoms with Gasteiger partial charge in [-0.05, 0) is 46.6 Å². The van der Waals surface area contributed by atoms with Gasteiger partial charge in [0.2, 0.25) is 0 Å². The first-order chi connectivity index (χ1) is 9.42. The minimum atomic E-state index is -0.514. The molecule has 1 N–H and O–H groups in total. The van der Waals surface area contributed by atoms with E-state index in [1.807, 2.05) is 7.05 Å². The summed E-state index contributed by atoms with van der Waals surface area (Å²) in [6.07, 6.45) is 3.89. The van der Waals surface area contributed by atoms with Gasteiger partial charge in [-0.1, -0.05) is 0 Å². The molecule has 1 saturated heterocycles. The van der Waals surface area contributed by atoms with Crippen LogP contribution in [0.5, 0.6) is 0 Å². The number of hydrogen-bond acceptors (Lipinski definition) is 5. The molecular formula is C15H28N2O3. The standard InChI is InChI=1S/C15H28N2O3/c1-14(2)11-17(8-9-20-14)12-6-5-7-15(10-12,16-3)13(18)19-4/h12,16H,5-11H2,1-4H3. The zero-order valence-corrected chi connectivity index (χ0v) is 13.2. The molecule has 0 amide bonds. The fraction of sp³-hybridized carbons (Fsp3) is 0.933. The number of hydrogen-bond donors (Lipinski definition) is 1. The lowest BCUT2D eigenvalue weighted by Crippen LogP contribution is -2.60. The molecule has 5 heteroatoms. The molecule has 2 atom stereocenters. The quantitative estimate of drug-likeness (QED) is 0.789. The van der Waals surface area contributed by atoms with Gasteiger partial charge < -0.3 is 14.8 Å². The lowest BCUT2D eigenvalue weighted by molar-refractivity contribution is -0.152. The SMILES string of the molecule is CNC1(C(=O)OC)CCCC(N2CCOC(C)(C)C2)C1. The number of esters is 1. The van der Waals surface area contributed by atoms with Gasteiger partial charge in [0.25, 0.3) is 0 Å². The van der Waals surface area contributed by atoms with E-state index in [0.717, 1.165) is 45.4 Å². The van der Waals surface area contributed by atoms with Gasteiger partial charge in [-0.2, -0.15) is 0 Å². The van der Waals surface area contributed by atoms with Crippen molar-refractivity contribution in [1.29, 1.82) is 0 Å². The van der Waals surface area contributed by atoms with E-state index in [9.17, 15) is 4.79 Å². The average molecular weight is 284 g/mol. The molecule has 0 aromatic rings. The highest BCUT2D eigenvalue weighted by Gasteiger charge is 2.45. The number of ether oxygens (including phenoxy) is 2. The molecule has 0 spiro atoms. The van der Waals surface area contributed by atoms with Crippen molar-refractivity contribution in [2.75, 3.05) is 33.9 Å². The summed E-state index contributed by atoms with van der Waals surface area (Å²) in [5, 5.41) is 3.23. The molecule has 2 aliphatic rings. The summed E-state index contributed by atoms with van der Waals surface area (Å²) in [4.78, 5) is 14.6. The summed E-state index contributed by atoms with van der Waals surface area (Å²) in [7, 11) is 3.34. The second kappa shape index (κ2) is 6.00. The van der Waals surface area contributed by atoms with Crippen molar-refractivity contribution in [2.24, 2.45) is 0 Å². The van der Waals surface area contributed by atoms with Crippen molar-refractivity contribution in [2.45, 2.75) is 56.7 Å². The lowest BCUT2D eigenvalue weighted by Gasteiger charge is -2.47. The van der Waals surface area contributed by atoms with Gasteiger partial charge in [-0.15, -0.1) is 0 Å². The third-order valence-electron chi connectivity index (χ3n) is 4.75. The van der Waals surface area contributed by atoms with Crippen LogP contribution in [0.15, 0.2) is 0 Å². The Balaban J connectivity index is 2.08. The van der Waals surface area contributed by atoms with Crippen LogP contribution in [0.1, 0.15) is 39.5 Å². The Labute approximate surface area is 122 Å². The second-order valence-electron chi connectivity index (χ2n) is 6.65. The van der Waals surface area contributed by atoms with Gasteiger partial charge in [0.1, 0.15) is 5.54 Å². The van der Waals surface area contributed by atoms with Gasteiger partial charge in [0.15, 0.2) is 0 Å². The summed E-state index contributed by atoms with van der Waals surface area (Å²) in [5.41, 5.74) is -0.608. The Morgan fingerprint density at radius 3 is 2.80 bits per heavy atom. The molecule has 1 aliphatic carbocycles. The minimum Gasteiger partial charge on any atom is -0.468 e. The predicted octanol–water partition coefficient (Wildman–Crippen LogP) is 1.17. The predicted molar refractivity (Wildman–Crippen MR) is 77.7 cm³/mol. The van der Waals surface area contributed by atoms with E-state index < -0.39 is 5.54 Å². The van der Waals surface area contributed by atoms with Crippen LogP contribution in [0.4, 0.5) is 0 Å². The Bertz CT molecular complexity index is 359. The van der Waals surface area contributed by atoms with Gasteiger partial charge >= 0.3 is 5.97 Å². The molecule has 1 heterocycles. The third-order valence-corrected chi connectivity index (χ3v) is 4.75. The van der Waals surface area contributed by atoms with E-state index in [1.54, 1.807) is 0 Å². The first kappa shape index (κ1) is 15.7. The van der Waals surface area contributed by atoms with E-state index in [2.05, 4.69) is 24.1 Å². The van der Waals surface area contributed by atoms with Crippen LogP contribution in [0.2, 0.25) is 0 Å². The van der Waals surface area contributed by atoms with Gasteiger partial charge in [0.05, 0.1) is 19.3 Å². The third kappa shape index (κ3) is 3.15. The maximum atomic E-state index is 12.1. The minimum absolute atomic E-state index is 0.0940. The zero-order valence-electron chi connectivity index (χ0n) is 13.2. The van der Waals surface area contributed by atoms with Crippen molar-refractivity contribution in [3.05, 3.63) is 0 Å². The first-order valence-electron chi connectivity index (χ1n) is 7.58. The zero-order chi connectivity index (χ0) is 14.8. The van der Waals surface area contributed by atoms with Crippen LogP contribution in [-0.4, -0.2) is 61.9 Å². The van der Waals surface area contributed by atoms with Crippen LogP contribution in [-0.2, 0) is 14.3 Å². The molecule has 0 bridgehead atoms. The molecule has 2 unspecified atom stereocenters. The molecule has 0 aromatic heterocycles. The Morgan fingerprint density at radius 1 is 1.45 bits per heavy atom. The topological polar surface area (TPSA) is 50.8 Å². The van der Waals surface area contributed by atoms with E-state index in [0.29, 0.717) is 6.04 Å². The molecule has 0 radical (unpaired) electrons. The first-order valence-corrected chi connectivity index (χ1v) is 7.58. The maximum absolute atomic E-state index is 12.1. The van der Waals surface area contributed by atoms with Crippen LogP contribution >= 0.6 is 0 Å². The summed E-state index contributed by atoms with van der Waals surface area (Å²) in [5.74, 6) is -0.128. The van der Waals surface area contributed by atoms with E-state index in [1.165, 1.54) is 7.11 Å². The summed E-state index contributed by atoms with van der Waals surface area (Å²) in [6, 6.07) is 0.429. The lowest BCUT2D eigenvalue weighted by atomic mass is 9.78. The molecule has 2 rings (SSSR count). The fourth-order valence-corrected chi connectivity index (χ4v) is 3.63. The number of carbonyl (C=O) groups excluding carboxylic acids is 1. The maximum Gasteiger partial charge on any atom is 0.326 e.